The number of esters is 1. The smallest absolute Gasteiger partial charge is 0.315 e. The van der Waals surface area contributed by atoms with E-state index in [1.807, 2.05) is 50.2 Å². The topological polar surface area (TPSA) is 74.2 Å². The molecule has 2 aromatic rings. The molecule has 3 atom stereocenters. The SMILES string of the molecule is CCSCCOC(=O)C1C(C)=NC2=C(C(=O)C[C@H](c3ccc(OC)c(OC)c3)C2)[C@H]1c1cccc(C)c1. The molecule has 1 heterocycles. The summed E-state index contributed by atoms with van der Waals surface area (Å²) in [5.41, 5.74) is 5.15. The molecule has 0 spiro atoms. The quantitative estimate of drug-likeness (QED) is 0.303. The summed E-state index contributed by atoms with van der Waals surface area (Å²) < 4.78 is 16.6. The van der Waals surface area contributed by atoms with Gasteiger partial charge in [0.2, 0.25) is 0 Å². The van der Waals surface area contributed by atoms with E-state index in [-0.39, 0.29) is 17.7 Å². The van der Waals surface area contributed by atoms with E-state index in [4.69, 9.17) is 19.2 Å². The first-order valence-electron chi connectivity index (χ1n) is 12.7. The largest absolute Gasteiger partial charge is 0.493 e. The number of hydrogen-bond acceptors (Lipinski definition) is 7. The van der Waals surface area contributed by atoms with Crippen LogP contribution in [0.25, 0.3) is 0 Å². The number of carbonyl (C=O) groups excluding carboxylic acids is 2. The lowest BCUT2D eigenvalue weighted by Gasteiger charge is -2.36. The highest BCUT2D eigenvalue weighted by molar-refractivity contribution is 7.99. The second kappa shape index (κ2) is 12.0. The number of nitrogens with zero attached hydrogens (tertiary/aromatic N) is 1. The molecule has 4 rings (SSSR count). The number of rotatable bonds is 9. The molecule has 0 aromatic heterocycles. The van der Waals surface area contributed by atoms with Gasteiger partial charge in [0, 0.05) is 35.1 Å². The number of allylic oxidation sites excluding steroid dienone is 2. The van der Waals surface area contributed by atoms with Crippen LogP contribution in [0.4, 0.5) is 0 Å². The van der Waals surface area contributed by atoms with Gasteiger partial charge in [0.25, 0.3) is 0 Å². The van der Waals surface area contributed by atoms with E-state index in [1.165, 1.54) is 0 Å². The maximum atomic E-state index is 13.8. The second-order valence-electron chi connectivity index (χ2n) is 9.49. The Balaban J connectivity index is 1.71. The van der Waals surface area contributed by atoms with Crippen molar-refractivity contribution >= 4 is 29.2 Å². The maximum Gasteiger partial charge on any atom is 0.315 e. The van der Waals surface area contributed by atoms with Gasteiger partial charge in [0.05, 0.1) is 14.2 Å². The van der Waals surface area contributed by atoms with Crippen LogP contribution in [0, 0.1) is 12.8 Å². The molecule has 1 aliphatic carbocycles. The molecular weight excluding hydrogens is 486 g/mol. The Morgan fingerprint density at radius 1 is 1.03 bits per heavy atom. The Kier molecular flexibility index (Phi) is 8.75. The van der Waals surface area contributed by atoms with Crippen LogP contribution in [0.5, 0.6) is 11.5 Å². The first-order chi connectivity index (χ1) is 17.9. The van der Waals surface area contributed by atoms with Gasteiger partial charge in [-0.2, -0.15) is 11.8 Å². The summed E-state index contributed by atoms with van der Waals surface area (Å²) in [7, 11) is 3.21. The highest BCUT2D eigenvalue weighted by Gasteiger charge is 2.44. The maximum absolute atomic E-state index is 13.8. The van der Waals surface area contributed by atoms with Crippen molar-refractivity contribution in [2.45, 2.75) is 45.4 Å². The van der Waals surface area contributed by atoms with E-state index in [9.17, 15) is 9.59 Å². The standard InChI is InChI=1S/C30H35NO5S/c1-6-37-13-12-36-30(33)27-19(3)31-23-15-22(20-10-11-25(34-4)26(17-20)35-5)16-24(32)29(23)28(27)21-9-7-8-18(2)14-21/h7-11,14,17,22,27-28H,6,12-13,15-16H2,1-5H3/t22-,27?,28+/m1/s1. The number of Topliss-reactive ketones (excluding diaryl/α,β-unsaturated/α-hetero) is 1. The molecule has 37 heavy (non-hydrogen) atoms. The normalized spacial score (nSPS) is 21.3. The van der Waals surface area contributed by atoms with Crippen LogP contribution in [0.15, 0.2) is 58.7 Å². The van der Waals surface area contributed by atoms with Crippen molar-refractivity contribution in [1.29, 1.82) is 0 Å². The zero-order valence-corrected chi connectivity index (χ0v) is 23.0. The van der Waals surface area contributed by atoms with Crippen molar-refractivity contribution < 1.29 is 23.8 Å². The number of benzene rings is 2. The Bertz CT molecular complexity index is 1230. The lowest BCUT2D eigenvalue weighted by atomic mass is 9.69. The third-order valence-corrected chi connectivity index (χ3v) is 7.96. The van der Waals surface area contributed by atoms with Crippen molar-refractivity contribution in [3.05, 3.63) is 70.4 Å². The predicted molar refractivity (Wildman–Crippen MR) is 148 cm³/mol. The third kappa shape index (κ3) is 5.77. The second-order valence-corrected chi connectivity index (χ2v) is 10.9. The van der Waals surface area contributed by atoms with Crippen molar-refractivity contribution in [2.24, 2.45) is 10.9 Å². The summed E-state index contributed by atoms with van der Waals surface area (Å²) in [5, 5.41) is 0. The number of methoxy groups -OCH3 is 2. The molecule has 7 heteroatoms. The Labute approximate surface area is 223 Å². The van der Waals surface area contributed by atoms with Gasteiger partial charge in [-0.1, -0.05) is 42.8 Å². The number of thioether (sulfide) groups is 1. The number of aryl methyl sites for hydroxylation is 1. The fourth-order valence-corrected chi connectivity index (χ4v) is 5.86. The number of ketones is 1. The van der Waals surface area contributed by atoms with Crippen LogP contribution in [0.3, 0.4) is 0 Å². The number of hydrogen-bond donors (Lipinski definition) is 0. The number of carbonyl (C=O) groups is 2. The molecule has 1 aliphatic heterocycles. The molecule has 6 nitrogen and oxygen atoms in total. The van der Waals surface area contributed by atoms with Gasteiger partial charge in [-0.15, -0.1) is 0 Å². The van der Waals surface area contributed by atoms with Gasteiger partial charge in [0.15, 0.2) is 17.3 Å². The average molecular weight is 522 g/mol. The van der Waals surface area contributed by atoms with Gasteiger partial charge < -0.3 is 14.2 Å². The summed E-state index contributed by atoms with van der Waals surface area (Å²) in [6.07, 6.45) is 0.964. The summed E-state index contributed by atoms with van der Waals surface area (Å²) in [6.45, 7) is 6.33. The fraction of sp³-hybridized carbons (Fsp3) is 0.433. The van der Waals surface area contributed by atoms with Crippen LogP contribution in [-0.2, 0) is 14.3 Å². The van der Waals surface area contributed by atoms with Crippen LogP contribution < -0.4 is 9.47 Å². The van der Waals surface area contributed by atoms with Crippen LogP contribution >= 0.6 is 11.8 Å². The highest BCUT2D eigenvalue weighted by Crippen LogP contribution is 2.47. The molecule has 0 saturated carbocycles. The van der Waals surface area contributed by atoms with Crippen molar-refractivity contribution in [3.8, 4) is 11.5 Å². The zero-order chi connectivity index (χ0) is 26.5. The van der Waals surface area contributed by atoms with Gasteiger partial charge in [-0.3, -0.25) is 14.6 Å². The fourth-order valence-electron chi connectivity index (χ4n) is 5.37. The summed E-state index contributed by atoms with van der Waals surface area (Å²) >= 11 is 1.73. The molecule has 196 valence electrons. The van der Waals surface area contributed by atoms with E-state index in [0.717, 1.165) is 33.9 Å². The minimum Gasteiger partial charge on any atom is -0.493 e. The molecule has 2 aromatic carbocycles. The number of ether oxygens (including phenoxy) is 3. The molecular formula is C30H35NO5S. The molecule has 2 aliphatic rings. The molecule has 1 unspecified atom stereocenters. The molecule has 0 fully saturated rings. The van der Waals surface area contributed by atoms with Crippen LogP contribution in [0.2, 0.25) is 0 Å². The van der Waals surface area contributed by atoms with Gasteiger partial charge in [-0.05, 0) is 55.2 Å². The van der Waals surface area contributed by atoms with Gasteiger partial charge in [-0.25, -0.2) is 0 Å². The van der Waals surface area contributed by atoms with E-state index in [0.29, 0.717) is 42.2 Å². The first-order valence-corrected chi connectivity index (χ1v) is 13.9. The molecule has 0 N–H and O–H groups in total. The van der Waals surface area contributed by atoms with Crippen LogP contribution in [0.1, 0.15) is 55.2 Å². The van der Waals surface area contributed by atoms with E-state index >= 15 is 0 Å². The minimum absolute atomic E-state index is 0.0307. The zero-order valence-electron chi connectivity index (χ0n) is 22.2. The molecule has 0 amide bonds. The van der Waals surface area contributed by atoms with Gasteiger partial charge in [0.1, 0.15) is 12.5 Å². The predicted octanol–water partition coefficient (Wildman–Crippen LogP) is 5.88. The first kappa shape index (κ1) is 27.0. The Morgan fingerprint density at radius 3 is 2.51 bits per heavy atom. The molecule has 0 bridgehead atoms. The van der Waals surface area contributed by atoms with E-state index < -0.39 is 11.8 Å². The van der Waals surface area contributed by atoms with E-state index in [2.05, 4.69) is 13.0 Å². The lowest BCUT2D eigenvalue weighted by Crippen LogP contribution is -2.38. The monoisotopic (exact) mass is 521 g/mol. The lowest BCUT2D eigenvalue weighted by molar-refractivity contribution is -0.145. The minimum atomic E-state index is -0.617. The van der Waals surface area contributed by atoms with Gasteiger partial charge >= 0.3 is 5.97 Å². The van der Waals surface area contributed by atoms with E-state index in [1.54, 1.807) is 26.0 Å². The molecule has 0 saturated heterocycles. The summed E-state index contributed by atoms with van der Waals surface area (Å²) in [6, 6.07) is 13.9. The van der Waals surface area contributed by atoms with Crippen molar-refractivity contribution in [2.75, 3.05) is 32.3 Å². The Hall–Kier alpha value is -3.06. The number of aliphatic imine (C=N–C) groups is 1. The highest BCUT2D eigenvalue weighted by atomic mass is 32.2. The van der Waals surface area contributed by atoms with Crippen molar-refractivity contribution in [3.63, 3.8) is 0 Å². The average Bonchev–Trinajstić information content (AvgIpc) is 2.89. The molecule has 0 radical (unpaired) electrons. The third-order valence-electron chi connectivity index (χ3n) is 7.10. The summed E-state index contributed by atoms with van der Waals surface area (Å²) in [5.74, 6) is 1.67. The van der Waals surface area contributed by atoms with Crippen LogP contribution in [-0.4, -0.2) is 49.8 Å². The summed E-state index contributed by atoms with van der Waals surface area (Å²) in [4.78, 5) is 32.0. The van der Waals surface area contributed by atoms with Crippen molar-refractivity contribution in [1.82, 2.24) is 0 Å². The Morgan fingerprint density at radius 2 is 1.81 bits per heavy atom.